The van der Waals surface area contributed by atoms with Gasteiger partial charge in [-0.05, 0) is 44.5 Å². The fraction of sp³-hybridized carbons (Fsp3) is 0.238. The summed E-state index contributed by atoms with van der Waals surface area (Å²) in [6.45, 7) is 8.08. The Morgan fingerprint density at radius 3 is 2.62 bits per heavy atom. The lowest BCUT2D eigenvalue weighted by molar-refractivity contribution is 0.102. The Morgan fingerprint density at radius 2 is 1.88 bits per heavy atom. The molecule has 0 aliphatic carbocycles. The summed E-state index contributed by atoms with van der Waals surface area (Å²) >= 11 is 1.65. The zero-order valence-corrected chi connectivity index (χ0v) is 16.1. The molecule has 0 saturated carbocycles. The molecule has 1 heterocycles. The first kappa shape index (κ1) is 18.1. The lowest BCUT2D eigenvalue weighted by Gasteiger charge is -2.16. The molecule has 0 saturated heterocycles. The quantitative estimate of drug-likeness (QED) is 0.651. The minimum atomic E-state index is -0.0950. The normalized spacial score (nSPS) is 10.6. The van der Waals surface area contributed by atoms with Gasteiger partial charge < -0.3 is 10.2 Å². The number of carbonyl (C=O) groups excluding carboxylic acids is 1. The van der Waals surface area contributed by atoms with Crippen LogP contribution in [0.25, 0.3) is 11.3 Å². The van der Waals surface area contributed by atoms with Crippen molar-refractivity contribution < 1.29 is 4.79 Å². The fourth-order valence-corrected chi connectivity index (χ4v) is 3.78. The molecule has 0 aliphatic rings. The van der Waals surface area contributed by atoms with E-state index in [1.54, 1.807) is 11.3 Å². The highest BCUT2D eigenvalue weighted by Crippen LogP contribution is 2.29. The number of carbonyl (C=O) groups is 1. The van der Waals surface area contributed by atoms with Crippen molar-refractivity contribution >= 4 is 28.1 Å². The molecule has 5 heteroatoms. The molecule has 26 heavy (non-hydrogen) atoms. The van der Waals surface area contributed by atoms with Crippen LogP contribution in [0.4, 0.5) is 10.8 Å². The number of aryl methyl sites for hydroxylation is 1. The number of nitrogens with one attached hydrogen (secondary N) is 1. The molecule has 3 aromatic rings. The summed E-state index contributed by atoms with van der Waals surface area (Å²) in [4.78, 5) is 19.5. The lowest BCUT2D eigenvalue weighted by Crippen LogP contribution is -2.21. The molecule has 0 bridgehead atoms. The highest BCUT2D eigenvalue weighted by atomic mass is 32.1. The molecule has 1 aromatic heterocycles. The molecule has 0 atom stereocenters. The Bertz CT molecular complexity index is 900. The Balaban J connectivity index is 1.81. The number of hydrogen-bond acceptors (Lipinski definition) is 4. The van der Waals surface area contributed by atoms with Gasteiger partial charge in [-0.2, -0.15) is 0 Å². The van der Waals surface area contributed by atoms with E-state index >= 15 is 0 Å². The molecule has 0 radical (unpaired) electrons. The molecule has 3 rings (SSSR count). The second-order valence-corrected chi connectivity index (χ2v) is 6.87. The molecule has 0 spiro atoms. The third-order valence-corrected chi connectivity index (χ3v) is 5.23. The van der Waals surface area contributed by atoms with Gasteiger partial charge in [-0.15, -0.1) is 11.3 Å². The van der Waals surface area contributed by atoms with Gasteiger partial charge in [0, 0.05) is 35.3 Å². The molecule has 0 fully saturated rings. The van der Waals surface area contributed by atoms with Gasteiger partial charge in [-0.3, -0.25) is 4.79 Å². The number of hydrogen-bond donors (Lipinski definition) is 1. The van der Waals surface area contributed by atoms with Crippen LogP contribution < -0.4 is 10.2 Å². The van der Waals surface area contributed by atoms with Crippen molar-refractivity contribution in [3.8, 4) is 11.3 Å². The van der Waals surface area contributed by atoms with Crippen molar-refractivity contribution in [2.75, 3.05) is 23.3 Å². The highest BCUT2D eigenvalue weighted by Gasteiger charge is 2.11. The van der Waals surface area contributed by atoms with E-state index in [4.69, 9.17) is 4.98 Å². The van der Waals surface area contributed by atoms with Gasteiger partial charge in [-0.1, -0.05) is 30.3 Å². The zero-order valence-electron chi connectivity index (χ0n) is 15.3. The Hall–Kier alpha value is -2.66. The predicted octanol–water partition coefficient (Wildman–Crippen LogP) is 5.22. The summed E-state index contributed by atoms with van der Waals surface area (Å²) in [5, 5.41) is 6.08. The first-order valence-corrected chi connectivity index (χ1v) is 9.68. The molecule has 4 nitrogen and oxygen atoms in total. The van der Waals surface area contributed by atoms with Crippen molar-refractivity contribution in [1.82, 2.24) is 4.98 Å². The van der Waals surface area contributed by atoms with Gasteiger partial charge in [0.2, 0.25) is 0 Å². The van der Waals surface area contributed by atoms with Crippen LogP contribution in [0.3, 0.4) is 0 Å². The van der Waals surface area contributed by atoms with Gasteiger partial charge in [0.1, 0.15) is 0 Å². The summed E-state index contributed by atoms with van der Waals surface area (Å²) < 4.78 is 0. The molecule has 0 aliphatic heterocycles. The van der Waals surface area contributed by atoms with E-state index in [2.05, 4.69) is 29.4 Å². The molecular weight excluding hydrogens is 342 g/mol. The third kappa shape index (κ3) is 3.94. The van der Waals surface area contributed by atoms with Crippen LogP contribution in [0, 0.1) is 6.92 Å². The van der Waals surface area contributed by atoms with E-state index in [9.17, 15) is 4.79 Å². The van der Waals surface area contributed by atoms with E-state index in [-0.39, 0.29) is 5.91 Å². The van der Waals surface area contributed by atoms with Crippen LogP contribution in [0.2, 0.25) is 0 Å². The lowest BCUT2D eigenvalue weighted by atomic mass is 10.1. The van der Waals surface area contributed by atoms with Gasteiger partial charge in [0.05, 0.1) is 5.69 Å². The molecule has 0 unspecified atom stereocenters. The second kappa shape index (κ2) is 8.15. The monoisotopic (exact) mass is 365 g/mol. The molecule has 1 N–H and O–H groups in total. The second-order valence-electron chi connectivity index (χ2n) is 6.04. The maximum atomic E-state index is 12.5. The van der Waals surface area contributed by atoms with Crippen molar-refractivity contribution in [3.63, 3.8) is 0 Å². The van der Waals surface area contributed by atoms with Crippen LogP contribution in [0.5, 0.6) is 0 Å². The summed E-state index contributed by atoms with van der Waals surface area (Å²) in [5.41, 5.74) is 4.36. The van der Waals surface area contributed by atoms with Crippen molar-refractivity contribution in [2.45, 2.75) is 20.8 Å². The Labute approximate surface area is 158 Å². The maximum Gasteiger partial charge on any atom is 0.255 e. The molecule has 1 amide bonds. The number of benzene rings is 2. The van der Waals surface area contributed by atoms with Gasteiger partial charge in [0.15, 0.2) is 5.13 Å². The number of amides is 1. The minimum Gasteiger partial charge on any atom is -0.349 e. The Morgan fingerprint density at radius 1 is 1.12 bits per heavy atom. The number of aromatic nitrogens is 1. The van der Waals surface area contributed by atoms with E-state index in [0.29, 0.717) is 5.56 Å². The highest BCUT2D eigenvalue weighted by molar-refractivity contribution is 7.14. The number of rotatable bonds is 6. The van der Waals surface area contributed by atoms with Crippen LogP contribution in [-0.4, -0.2) is 24.0 Å². The van der Waals surface area contributed by atoms with Gasteiger partial charge >= 0.3 is 0 Å². The van der Waals surface area contributed by atoms with Crippen LogP contribution in [0.1, 0.15) is 29.8 Å². The third-order valence-electron chi connectivity index (χ3n) is 4.33. The number of nitrogens with zero attached hydrogens (tertiary/aromatic N) is 2. The maximum absolute atomic E-state index is 12.5. The first-order valence-electron chi connectivity index (χ1n) is 8.80. The largest absolute Gasteiger partial charge is 0.349 e. The number of thiazole rings is 1. The average Bonchev–Trinajstić information content (AvgIpc) is 3.13. The molecular formula is C21H23N3OS. The van der Waals surface area contributed by atoms with Gasteiger partial charge in [-0.25, -0.2) is 4.98 Å². The SMILES string of the molecule is CCN(CC)c1nc(-c2cccc(NC(=O)c3ccccc3C)c2)cs1. The van der Waals surface area contributed by atoms with E-state index in [0.717, 1.165) is 40.7 Å². The first-order chi connectivity index (χ1) is 12.6. The summed E-state index contributed by atoms with van der Waals surface area (Å²) in [5.74, 6) is -0.0950. The summed E-state index contributed by atoms with van der Waals surface area (Å²) in [7, 11) is 0. The summed E-state index contributed by atoms with van der Waals surface area (Å²) in [6, 6.07) is 15.4. The van der Waals surface area contributed by atoms with Gasteiger partial charge in [0.25, 0.3) is 5.91 Å². The number of anilines is 2. The zero-order chi connectivity index (χ0) is 18.5. The Kier molecular flexibility index (Phi) is 5.68. The van der Waals surface area contributed by atoms with Crippen molar-refractivity contribution in [3.05, 3.63) is 65.0 Å². The average molecular weight is 366 g/mol. The van der Waals surface area contributed by atoms with Crippen LogP contribution in [-0.2, 0) is 0 Å². The van der Waals surface area contributed by atoms with Crippen LogP contribution in [0.15, 0.2) is 53.9 Å². The standard InChI is InChI=1S/C21H23N3OS/c1-4-24(5-2)21-23-19(14-26-21)16-10-8-11-17(13-16)22-20(25)18-12-7-6-9-15(18)3/h6-14H,4-5H2,1-3H3,(H,22,25). The molecule has 134 valence electrons. The smallest absolute Gasteiger partial charge is 0.255 e. The minimum absolute atomic E-state index is 0.0950. The van der Waals surface area contributed by atoms with Crippen LogP contribution >= 0.6 is 11.3 Å². The van der Waals surface area contributed by atoms with E-state index in [1.807, 2.05) is 55.5 Å². The topological polar surface area (TPSA) is 45.2 Å². The van der Waals surface area contributed by atoms with Crippen molar-refractivity contribution in [1.29, 1.82) is 0 Å². The predicted molar refractivity (Wildman–Crippen MR) is 110 cm³/mol. The molecule has 2 aromatic carbocycles. The fourth-order valence-electron chi connectivity index (χ4n) is 2.82. The van der Waals surface area contributed by atoms with E-state index in [1.165, 1.54) is 0 Å². The summed E-state index contributed by atoms with van der Waals surface area (Å²) in [6.07, 6.45) is 0. The van der Waals surface area contributed by atoms with Crippen molar-refractivity contribution in [2.24, 2.45) is 0 Å². The van der Waals surface area contributed by atoms with E-state index < -0.39 is 0 Å².